The van der Waals surface area contributed by atoms with Crippen LogP contribution in [0.25, 0.3) is 17.3 Å². The Hall–Kier alpha value is -3.42. The van der Waals surface area contributed by atoms with Crippen molar-refractivity contribution in [3.8, 4) is 29.5 Å². The predicted molar refractivity (Wildman–Crippen MR) is 73.6 cm³/mol. The molecule has 0 fully saturated rings. The molecule has 4 nitrogen and oxygen atoms in total. The van der Waals surface area contributed by atoms with Gasteiger partial charge >= 0.3 is 0 Å². The fourth-order valence-corrected chi connectivity index (χ4v) is 1.66. The Bertz CT molecular complexity index is 765. The molecule has 0 aliphatic carbocycles. The van der Waals surface area contributed by atoms with Crippen LogP contribution in [0.2, 0.25) is 0 Å². The highest BCUT2D eigenvalue weighted by Crippen LogP contribution is 2.19. The maximum atomic E-state index is 8.86. The molecule has 0 saturated carbocycles. The number of nitriles is 3. The average molecular weight is 256 g/mol. The number of hydrogen-bond donors (Lipinski definition) is 0. The van der Waals surface area contributed by atoms with Gasteiger partial charge in [0.25, 0.3) is 0 Å². The van der Waals surface area contributed by atoms with Gasteiger partial charge in [-0.05, 0) is 23.8 Å². The molecule has 0 saturated heterocycles. The van der Waals surface area contributed by atoms with E-state index in [2.05, 4.69) is 11.1 Å². The summed E-state index contributed by atoms with van der Waals surface area (Å²) in [6.45, 7) is 0. The van der Waals surface area contributed by atoms with Gasteiger partial charge in [0, 0.05) is 11.8 Å². The average Bonchev–Trinajstić information content (AvgIpc) is 2.53. The van der Waals surface area contributed by atoms with Crippen LogP contribution >= 0.6 is 0 Å². The van der Waals surface area contributed by atoms with Gasteiger partial charge in [-0.2, -0.15) is 15.8 Å². The number of allylic oxidation sites excluding steroid dienone is 1. The fraction of sp³-hybridized carbons (Fsp3) is 0. The standard InChI is InChI=1S/C16H8N4/c17-9-13-5-6-20-16(8-13)15-3-1-12(2-4-15)7-14(10-18)11-19/h1-8H. The smallest absolute Gasteiger partial charge is 0.130 e. The van der Waals surface area contributed by atoms with E-state index in [9.17, 15) is 0 Å². The van der Waals surface area contributed by atoms with E-state index >= 15 is 0 Å². The molecule has 0 aliphatic rings. The first-order chi connectivity index (χ1) is 9.76. The predicted octanol–water partition coefficient (Wildman–Crippen LogP) is 3.05. The molecule has 1 heterocycles. The molecule has 0 amide bonds. The summed E-state index contributed by atoms with van der Waals surface area (Å²) < 4.78 is 0. The van der Waals surface area contributed by atoms with Crippen molar-refractivity contribution >= 4 is 6.08 Å². The molecule has 0 bridgehead atoms. The minimum atomic E-state index is 0.0577. The Labute approximate surface area is 116 Å². The molecule has 20 heavy (non-hydrogen) atoms. The summed E-state index contributed by atoms with van der Waals surface area (Å²) in [6.07, 6.45) is 3.11. The Kier molecular flexibility index (Phi) is 3.88. The lowest BCUT2D eigenvalue weighted by Gasteiger charge is -2.01. The molecule has 0 aliphatic heterocycles. The summed E-state index contributed by atoms with van der Waals surface area (Å²) in [5.41, 5.74) is 2.95. The third-order valence-corrected chi connectivity index (χ3v) is 2.65. The van der Waals surface area contributed by atoms with Crippen molar-refractivity contribution in [1.82, 2.24) is 4.98 Å². The van der Waals surface area contributed by atoms with Gasteiger partial charge in [0.1, 0.15) is 17.7 Å². The van der Waals surface area contributed by atoms with Gasteiger partial charge in [-0.3, -0.25) is 4.98 Å². The van der Waals surface area contributed by atoms with Gasteiger partial charge in [-0.1, -0.05) is 24.3 Å². The van der Waals surface area contributed by atoms with Crippen LogP contribution in [-0.2, 0) is 0 Å². The molecule has 92 valence electrons. The maximum absolute atomic E-state index is 8.86. The van der Waals surface area contributed by atoms with Gasteiger partial charge in [-0.15, -0.1) is 0 Å². The summed E-state index contributed by atoms with van der Waals surface area (Å²) >= 11 is 0. The van der Waals surface area contributed by atoms with Crippen LogP contribution in [0.5, 0.6) is 0 Å². The lowest BCUT2D eigenvalue weighted by Crippen LogP contribution is -1.85. The van der Waals surface area contributed by atoms with Gasteiger partial charge in [0.2, 0.25) is 0 Å². The molecule has 1 aromatic heterocycles. The maximum Gasteiger partial charge on any atom is 0.130 e. The van der Waals surface area contributed by atoms with E-state index in [-0.39, 0.29) is 5.57 Å². The van der Waals surface area contributed by atoms with Crippen molar-refractivity contribution in [2.75, 3.05) is 0 Å². The number of rotatable bonds is 2. The van der Waals surface area contributed by atoms with Crippen LogP contribution in [0.1, 0.15) is 11.1 Å². The topological polar surface area (TPSA) is 84.3 Å². The minimum absolute atomic E-state index is 0.0577. The zero-order chi connectivity index (χ0) is 14.4. The van der Waals surface area contributed by atoms with Gasteiger partial charge < -0.3 is 0 Å². The summed E-state index contributed by atoms with van der Waals surface area (Å²) in [7, 11) is 0. The summed E-state index contributed by atoms with van der Waals surface area (Å²) in [5, 5.41) is 26.3. The molecule has 0 N–H and O–H groups in total. The molecule has 0 spiro atoms. The van der Waals surface area contributed by atoms with Crippen molar-refractivity contribution in [3.05, 3.63) is 59.3 Å². The fourth-order valence-electron chi connectivity index (χ4n) is 1.66. The van der Waals surface area contributed by atoms with E-state index in [1.54, 1.807) is 30.5 Å². The highest BCUT2D eigenvalue weighted by atomic mass is 14.7. The monoisotopic (exact) mass is 256 g/mol. The van der Waals surface area contributed by atoms with Crippen LogP contribution in [-0.4, -0.2) is 4.98 Å². The van der Waals surface area contributed by atoms with Crippen molar-refractivity contribution < 1.29 is 0 Å². The first-order valence-corrected chi connectivity index (χ1v) is 5.75. The minimum Gasteiger partial charge on any atom is -0.256 e. The van der Waals surface area contributed by atoms with E-state index < -0.39 is 0 Å². The second kappa shape index (κ2) is 5.96. The largest absolute Gasteiger partial charge is 0.256 e. The quantitative estimate of drug-likeness (QED) is 0.773. The Morgan fingerprint density at radius 1 is 1.00 bits per heavy atom. The number of benzene rings is 1. The van der Waals surface area contributed by atoms with E-state index in [0.29, 0.717) is 11.3 Å². The Morgan fingerprint density at radius 3 is 2.30 bits per heavy atom. The summed E-state index contributed by atoms with van der Waals surface area (Å²) in [6, 6.07) is 16.3. The van der Waals surface area contributed by atoms with Crippen LogP contribution < -0.4 is 0 Å². The SMILES string of the molecule is N#CC(C#N)=Cc1ccc(-c2cc(C#N)ccn2)cc1. The van der Waals surface area contributed by atoms with E-state index in [0.717, 1.165) is 11.1 Å². The van der Waals surface area contributed by atoms with E-state index in [4.69, 9.17) is 15.8 Å². The Morgan fingerprint density at radius 2 is 1.70 bits per heavy atom. The highest BCUT2D eigenvalue weighted by Gasteiger charge is 2.01. The zero-order valence-electron chi connectivity index (χ0n) is 10.4. The zero-order valence-corrected chi connectivity index (χ0v) is 10.4. The number of aromatic nitrogens is 1. The van der Waals surface area contributed by atoms with Gasteiger partial charge in [0.15, 0.2) is 0 Å². The third kappa shape index (κ3) is 2.88. The first-order valence-electron chi connectivity index (χ1n) is 5.75. The van der Waals surface area contributed by atoms with Crippen molar-refractivity contribution in [2.24, 2.45) is 0 Å². The molecular weight excluding hydrogens is 248 g/mol. The second-order valence-electron chi connectivity index (χ2n) is 3.95. The lowest BCUT2D eigenvalue weighted by molar-refractivity contribution is 1.31. The van der Waals surface area contributed by atoms with Crippen molar-refractivity contribution in [1.29, 1.82) is 15.8 Å². The second-order valence-corrected chi connectivity index (χ2v) is 3.95. The van der Waals surface area contributed by atoms with E-state index in [1.165, 1.54) is 6.08 Å². The summed E-state index contributed by atoms with van der Waals surface area (Å²) in [5.74, 6) is 0. The molecule has 0 atom stereocenters. The first kappa shape index (κ1) is 13.0. The van der Waals surface area contributed by atoms with Gasteiger partial charge in [-0.25, -0.2) is 0 Å². The molecule has 2 aromatic rings. The van der Waals surface area contributed by atoms with Crippen molar-refractivity contribution in [2.45, 2.75) is 0 Å². The molecule has 2 rings (SSSR count). The van der Waals surface area contributed by atoms with Crippen LogP contribution in [0.15, 0.2) is 48.2 Å². The molecule has 4 heteroatoms. The number of hydrogen-bond acceptors (Lipinski definition) is 4. The third-order valence-electron chi connectivity index (χ3n) is 2.65. The number of nitrogens with zero attached hydrogens (tertiary/aromatic N) is 4. The lowest BCUT2D eigenvalue weighted by atomic mass is 10.1. The molecule has 0 radical (unpaired) electrons. The normalized spacial score (nSPS) is 8.85. The van der Waals surface area contributed by atoms with Crippen molar-refractivity contribution in [3.63, 3.8) is 0 Å². The van der Waals surface area contributed by atoms with Crippen LogP contribution in [0.4, 0.5) is 0 Å². The highest BCUT2D eigenvalue weighted by molar-refractivity contribution is 5.66. The van der Waals surface area contributed by atoms with Gasteiger partial charge in [0.05, 0.1) is 17.3 Å². The molecule has 0 unspecified atom stereocenters. The molecule has 1 aromatic carbocycles. The summed E-state index contributed by atoms with van der Waals surface area (Å²) in [4.78, 5) is 4.21. The van der Waals surface area contributed by atoms with E-state index in [1.807, 2.05) is 24.3 Å². The van der Waals surface area contributed by atoms with Crippen LogP contribution in [0.3, 0.4) is 0 Å². The molecular formula is C16H8N4. The van der Waals surface area contributed by atoms with Crippen LogP contribution in [0, 0.1) is 34.0 Å². The Balaban J connectivity index is 2.34. The number of pyridine rings is 1.